The van der Waals surface area contributed by atoms with Gasteiger partial charge in [0.25, 0.3) is 0 Å². The highest BCUT2D eigenvalue weighted by Gasteiger charge is 2.31. The van der Waals surface area contributed by atoms with Crippen LogP contribution in [0, 0.1) is 11.8 Å². The third-order valence-corrected chi connectivity index (χ3v) is 4.20. The normalized spacial score (nSPS) is 25.8. The summed E-state index contributed by atoms with van der Waals surface area (Å²) in [6.45, 7) is 1.34. The molecule has 0 aromatic heterocycles. The Labute approximate surface area is 108 Å². The van der Waals surface area contributed by atoms with Crippen molar-refractivity contribution in [3.05, 3.63) is 0 Å². The van der Waals surface area contributed by atoms with Gasteiger partial charge in [-0.2, -0.15) is 0 Å². The number of carbonyl (C=O) groups excluding carboxylic acids is 2. The highest BCUT2D eigenvalue weighted by atomic mass is 16.2. The highest BCUT2D eigenvalue weighted by Crippen LogP contribution is 2.27. The molecular formula is C13H23N3O2. The summed E-state index contributed by atoms with van der Waals surface area (Å²) in [7, 11) is 0. The summed E-state index contributed by atoms with van der Waals surface area (Å²) in [5.74, 6) is 5.34. The Morgan fingerprint density at radius 3 is 2.33 bits per heavy atom. The van der Waals surface area contributed by atoms with Crippen LogP contribution in [0.3, 0.4) is 0 Å². The first-order valence-electron chi connectivity index (χ1n) is 7.01. The van der Waals surface area contributed by atoms with Gasteiger partial charge < -0.3 is 4.90 Å². The molecule has 2 amide bonds. The van der Waals surface area contributed by atoms with Crippen molar-refractivity contribution in [2.24, 2.45) is 17.7 Å². The number of carbonyl (C=O) groups is 2. The first-order chi connectivity index (χ1) is 8.72. The number of hydrogen-bond acceptors (Lipinski definition) is 3. The molecule has 1 atom stereocenters. The van der Waals surface area contributed by atoms with Crippen LogP contribution in [-0.4, -0.2) is 29.8 Å². The van der Waals surface area contributed by atoms with E-state index in [9.17, 15) is 9.59 Å². The van der Waals surface area contributed by atoms with E-state index in [-0.39, 0.29) is 23.7 Å². The number of amides is 2. The number of piperidine rings is 1. The number of likely N-dealkylation sites (tertiary alicyclic amines) is 1. The minimum atomic E-state index is -0.142. The average molecular weight is 253 g/mol. The van der Waals surface area contributed by atoms with Gasteiger partial charge in [-0.05, 0) is 25.7 Å². The monoisotopic (exact) mass is 253 g/mol. The number of hydrazine groups is 1. The van der Waals surface area contributed by atoms with Crippen LogP contribution in [0.4, 0.5) is 0 Å². The van der Waals surface area contributed by atoms with Gasteiger partial charge in [-0.15, -0.1) is 0 Å². The lowest BCUT2D eigenvalue weighted by atomic mass is 9.87. The van der Waals surface area contributed by atoms with Gasteiger partial charge in [-0.1, -0.05) is 19.3 Å². The van der Waals surface area contributed by atoms with Gasteiger partial charge in [0, 0.05) is 19.0 Å². The van der Waals surface area contributed by atoms with E-state index >= 15 is 0 Å². The molecule has 5 nitrogen and oxygen atoms in total. The Bertz CT molecular complexity index is 313. The molecule has 2 fully saturated rings. The Balaban J connectivity index is 1.91. The molecule has 0 radical (unpaired) electrons. The fourth-order valence-corrected chi connectivity index (χ4v) is 3.12. The van der Waals surface area contributed by atoms with Crippen LogP contribution in [0.5, 0.6) is 0 Å². The van der Waals surface area contributed by atoms with Crippen molar-refractivity contribution in [3.8, 4) is 0 Å². The van der Waals surface area contributed by atoms with Gasteiger partial charge in [0.15, 0.2) is 0 Å². The summed E-state index contributed by atoms with van der Waals surface area (Å²) in [4.78, 5) is 25.8. The summed E-state index contributed by atoms with van der Waals surface area (Å²) in [6.07, 6.45) is 7.34. The van der Waals surface area contributed by atoms with Gasteiger partial charge in [0.1, 0.15) is 0 Å². The molecule has 0 bridgehead atoms. The molecule has 3 N–H and O–H groups in total. The van der Waals surface area contributed by atoms with Crippen LogP contribution in [0.1, 0.15) is 44.9 Å². The molecule has 18 heavy (non-hydrogen) atoms. The summed E-state index contributed by atoms with van der Waals surface area (Å²) in [6, 6.07) is 0. The summed E-state index contributed by atoms with van der Waals surface area (Å²) in [5.41, 5.74) is 2.20. The molecule has 0 spiro atoms. The number of hydrogen-bond donors (Lipinski definition) is 2. The maximum Gasteiger partial charge on any atom is 0.238 e. The average Bonchev–Trinajstić information content (AvgIpc) is 2.46. The quantitative estimate of drug-likeness (QED) is 0.434. The van der Waals surface area contributed by atoms with Crippen molar-refractivity contribution in [1.82, 2.24) is 10.3 Å². The Kier molecular flexibility index (Phi) is 4.58. The third-order valence-electron chi connectivity index (χ3n) is 4.20. The van der Waals surface area contributed by atoms with Crippen LogP contribution < -0.4 is 11.3 Å². The van der Waals surface area contributed by atoms with Gasteiger partial charge in [-0.25, -0.2) is 5.84 Å². The lowest BCUT2D eigenvalue weighted by Gasteiger charge is -2.35. The Hall–Kier alpha value is -1.10. The molecule has 102 valence electrons. The van der Waals surface area contributed by atoms with Crippen LogP contribution in [0.15, 0.2) is 0 Å². The topological polar surface area (TPSA) is 75.4 Å². The van der Waals surface area contributed by atoms with Crippen molar-refractivity contribution in [2.45, 2.75) is 44.9 Å². The fourth-order valence-electron chi connectivity index (χ4n) is 3.12. The SMILES string of the molecule is NNC(=O)C1CCCN(C(=O)C2CCCCC2)C1. The Morgan fingerprint density at radius 2 is 1.67 bits per heavy atom. The van der Waals surface area contributed by atoms with E-state index in [0.717, 1.165) is 45.1 Å². The molecule has 2 aliphatic rings. The van der Waals surface area contributed by atoms with Crippen molar-refractivity contribution >= 4 is 11.8 Å². The lowest BCUT2D eigenvalue weighted by Crippen LogP contribution is -2.48. The molecule has 2 rings (SSSR count). The second-order valence-corrected chi connectivity index (χ2v) is 5.47. The van der Waals surface area contributed by atoms with Gasteiger partial charge in [-0.3, -0.25) is 15.0 Å². The number of nitrogens with two attached hydrogens (primary N) is 1. The van der Waals surface area contributed by atoms with Gasteiger partial charge in [0.2, 0.25) is 11.8 Å². The van der Waals surface area contributed by atoms with E-state index in [1.165, 1.54) is 6.42 Å². The molecule has 1 aliphatic heterocycles. The zero-order valence-corrected chi connectivity index (χ0v) is 10.9. The molecule has 1 aliphatic carbocycles. The van der Waals surface area contributed by atoms with E-state index < -0.39 is 0 Å². The summed E-state index contributed by atoms with van der Waals surface area (Å²) >= 11 is 0. The maximum atomic E-state index is 12.4. The predicted octanol–water partition coefficient (Wildman–Crippen LogP) is 0.795. The maximum absolute atomic E-state index is 12.4. The summed E-state index contributed by atoms with van der Waals surface area (Å²) in [5, 5.41) is 0. The van der Waals surface area contributed by atoms with Crippen molar-refractivity contribution in [1.29, 1.82) is 0 Å². The molecule has 1 saturated heterocycles. The number of rotatable bonds is 2. The largest absolute Gasteiger partial charge is 0.342 e. The molecule has 5 heteroatoms. The molecular weight excluding hydrogens is 230 g/mol. The minimum Gasteiger partial charge on any atom is -0.342 e. The smallest absolute Gasteiger partial charge is 0.238 e. The first-order valence-corrected chi connectivity index (χ1v) is 7.01. The zero-order valence-electron chi connectivity index (χ0n) is 10.9. The second-order valence-electron chi connectivity index (χ2n) is 5.47. The van der Waals surface area contributed by atoms with E-state index in [0.29, 0.717) is 6.54 Å². The van der Waals surface area contributed by atoms with Crippen LogP contribution in [-0.2, 0) is 9.59 Å². The second kappa shape index (κ2) is 6.18. The standard InChI is InChI=1S/C13H23N3O2/c14-15-12(17)11-7-4-8-16(9-11)13(18)10-5-2-1-3-6-10/h10-11H,1-9,14H2,(H,15,17). The van der Waals surface area contributed by atoms with E-state index in [4.69, 9.17) is 5.84 Å². The fraction of sp³-hybridized carbons (Fsp3) is 0.846. The van der Waals surface area contributed by atoms with Gasteiger partial charge >= 0.3 is 0 Å². The highest BCUT2D eigenvalue weighted by molar-refractivity contribution is 5.82. The minimum absolute atomic E-state index is 0.128. The molecule has 1 unspecified atom stereocenters. The van der Waals surface area contributed by atoms with Crippen LogP contribution in [0.25, 0.3) is 0 Å². The van der Waals surface area contributed by atoms with Crippen LogP contribution in [0.2, 0.25) is 0 Å². The van der Waals surface area contributed by atoms with E-state index in [2.05, 4.69) is 5.43 Å². The van der Waals surface area contributed by atoms with Crippen molar-refractivity contribution < 1.29 is 9.59 Å². The summed E-state index contributed by atoms with van der Waals surface area (Å²) < 4.78 is 0. The molecule has 0 aromatic carbocycles. The van der Waals surface area contributed by atoms with E-state index in [1.807, 2.05) is 4.90 Å². The van der Waals surface area contributed by atoms with Gasteiger partial charge in [0.05, 0.1) is 5.92 Å². The van der Waals surface area contributed by atoms with Crippen LogP contribution >= 0.6 is 0 Å². The Morgan fingerprint density at radius 1 is 1.00 bits per heavy atom. The third kappa shape index (κ3) is 3.02. The van der Waals surface area contributed by atoms with Crippen molar-refractivity contribution in [3.63, 3.8) is 0 Å². The molecule has 0 aromatic rings. The number of nitrogens with one attached hydrogen (secondary N) is 1. The number of nitrogens with zero attached hydrogens (tertiary/aromatic N) is 1. The van der Waals surface area contributed by atoms with Crippen molar-refractivity contribution in [2.75, 3.05) is 13.1 Å². The molecule has 1 heterocycles. The molecule has 1 saturated carbocycles. The predicted molar refractivity (Wildman–Crippen MR) is 68.2 cm³/mol. The lowest BCUT2D eigenvalue weighted by molar-refractivity contribution is -0.140. The first kappa shape index (κ1) is 13.3. The van der Waals surface area contributed by atoms with E-state index in [1.54, 1.807) is 0 Å². The zero-order chi connectivity index (χ0) is 13.0.